The van der Waals surface area contributed by atoms with Crippen LogP contribution in [0.2, 0.25) is 0 Å². The first-order valence-corrected chi connectivity index (χ1v) is 22.2. The smallest absolute Gasteiger partial charge is 0.410 e. The summed E-state index contributed by atoms with van der Waals surface area (Å²) in [7, 11) is 0. The summed E-state index contributed by atoms with van der Waals surface area (Å²) in [5.74, 6) is -0.839. The minimum absolute atomic E-state index is 0.0112. The molecule has 15 heteroatoms. The van der Waals surface area contributed by atoms with Crippen molar-refractivity contribution in [3.8, 4) is 11.5 Å². The molecule has 2 aliphatic carbocycles. The van der Waals surface area contributed by atoms with Gasteiger partial charge < -0.3 is 34.0 Å². The molecule has 1 aliphatic heterocycles. The molecule has 1 saturated carbocycles. The van der Waals surface area contributed by atoms with E-state index in [0.717, 1.165) is 48.2 Å². The van der Waals surface area contributed by atoms with Gasteiger partial charge >= 0.3 is 6.09 Å². The van der Waals surface area contributed by atoms with Gasteiger partial charge in [-0.1, -0.05) is 43.1 Å². The number of amides is 1. The van der Waals surface area contributed by atoms with E-state index in [0.29, 0.717) is 48.6 Å². The highest BCUT2D eigenvalue weighted by Crippen LogP contribution is 2.62. The molecule has 2 N–H and O–H groups in total. The highest BCUT2D eigenvalue weighted by molar-refractivity contribution is 6.18. The average Bonchev–Trinajstić information content (AvgIpc) is 3.27. The Morgan fingerprint density at radius 2 is 1.87 bits per heavy atom. The van der Waals surface area contributed by atoms with E-state index in [1.807, 2.05) is 50.2 Å². The number of nitro benzene ring substituents is 1. The average molecular weight is 875 g/mol. The number of hydrogen-bond acceptors (Lipinski definition) is 12. The number of rotatable bonds is 23. The Labute approximate surface area is 368 Å². The molecule has 0 spiro atoms. The van der Waals surface area contributed by atoms with Crippen LogP contribution in [0.3, 0.4) is 0 Å². The lowest BCUT2D eigenvalue weighted by atomic mass is 9.55. The van der Waals surface area contributed by atoms with Crippen molar-refractivity contribution in [3.63, 3.8) is 0 Å². The van der Waals surface area contributed by atoms with E-state index >= 15 is 0 Å². The number of alkyl halides is 1. The standard InChI is InChI=1S/C47H59ClN4O10/c1-4-22-51(46(55)58-26-21-48)43-29-41(50-61-30-33-15-17-36(18-16-33)52(56)57)39-27-34(12-6-8-23-53)38(14-7-9-24-54)44-40-28-37(59-31-35-13-10-11-32(3)49-35)19-20-42(40)62-47(43,45(39)44)60-25-5-2/h5,10-11,13,15-20,27-28,34,38,43-45,53-54H,2,4,6-9,12,14,21-26,29-31H2,1,3H3/t34-,38+,43-,44+,45+,47+/m0/s1. The van der Waals surface area contributed by atoms with Gasteiger partial charge in [-0.15, -0.1) is 18.2 Å². The molecule has 14 nitrogen and oxygen atoms in total. The molecule has 1 fully saturated rings. The second kappa shape index (κ2) is 22.4. The van der Waals surface area contributed by atoms with Gasteiger partial charge in [0.25, 0.3) is 5.69 Å². The summed E-state index contributed by atoms with van der Waals surface area (Å²) < 4.78 is 26.4. The van der Waals surface area contributed by atoms with E-state index in [-0.39, 0.29) is 75.4 Å². The van der Waals surface area contributed by atoms with Crippen molar-refractivity contribution >= 4 is 29.1 Å². The molecule has 6 atom stereocenters. The number of nitrogens with zero attached hydrogens (tertiary/aromatic N) is 4. The van der Waals surface area contributed by atoms with Gasteiger partial charge in [-0.05, 0) is 104 Å². The number of oxime groups is 1. The maximum absolute atomic E-state index is 14.2. The Hall–Kier alpha value is -5.02. The second-order valence-corrected chi connectivity index (χ2v) is 16.4. The van der Waals surface area contributed by atoms with Crippen LogP contribution >= 0.6 is 11.6 Å². The monoisotopic (exact) mass is 874 g/mol. The lowest BCUT2D eigenvalue weighted by Crippen LogP contribution is -2.70. The Balaban J connectivity index is 1.54. The predicted molar refractivity (Wildman–Crippen MR) is 235 cm³/mol. The lowest BCUT2D eigenvalue weighted by molar-refractivity contribution is -0.384. The number of carbonyl (C=O) groups excluding carboxylic acids is 1. The molecule has 334 valence electrons. The Kier molecular flexibility index (Phi) is 16.8. The first-order valence-electron chi connectivity index (χ1n) is 21.7. The van der Waals surface area contributed by atoms with Crippen molar-refractivity contribution in [3.05, 3.63) is 118 Å². The van der Waals surface area contributed by atoms with Gasteiger partial charge in [0, 0.05) is 55.5 Å². The third-order valence-corrected chi connectivity index (χ3v) is 12.1. The van der Waals surface area contributed by atoms with Crippen LogP contribution in [0.4, 0.5) is 10.5 Å². The van der Waals surface area contributed by atoms with Crippen molar-refractivity contribution in [2.24, 2.45) is 22.9 Å². The summed E-state index contributed by atoms with van der Waals surface area (Å²) in [6.45, 7) is 8.81. The number of halogens is 1. The van der Waals surface area contributed by atoms with Crippen molar-refractivity contribution < 1.29 is 43.7 Å². The zero-order valence-corrected chi connectivity index (χ0v) is 36.4. The number of unbranched alkanes of at least 4 members (excludes halogenated alkanes) is 2. The molecule has 3 aromatic rings. The molecule has 2 aromatic carbocycles. The van der Waals surface area contributed by atoms with Crippen LogP contribution < -0.4 is 9.47 Å². The molecule has 3 aliphatic rings. The van der Waals surface area contributed by atoms with Crippen LogP contribution in [-0.2, 0) is 27.5 Å². The number of nitro groups is 1. The van der Waals surface area contributed by atoms with E-state index < -0.39 is 28.8 Å². The zero-order valence-electron chi connectivity index (χ0n) is 35.7. The SMILES string of the molecule is C=CCO[C@@]12Oc3ccc(OCc4cccc(C)n4)cc3[C@H]3[C@H](CCCCO)[C@@H](CCCCO)C=C(C(=NOCc4ccc([N+](=O)[O-])cc4)C[C@@H]1N(CCC)C(=O)OCCCl)[C@H]32. The number of aromatic nitrogens is 1. The van der Waals surface area contributed by atoms with Gasteiger partial charge in [-0.25, -0.2) is 4.79 Å². The van der Waals surface area contributed by atoms with Gasteiger partial charge in [0.2, 0.25) is 5.79 Å². The fourth-order valence-electron chi connectivity index (χ4n) is 9.30. The summed E-state index contributed by atoms with van der Waals surface area (Å²) in [5.41, 5.74) is 4.77. The van der Waals surface area contributed by atoms with Gasteiger partial charge in [0.05, 0.1) is 34.7 Å². The number of aryl methyl sites for hydroxylation is 1. The number of aliphatic hydroxyl groups is 2. The van der Waals surface area contributed by atoms with E-state index in [2.05, 4.69) is 17.6 Å². The number of allylic oxidation sites excluding steroid dienone is 1. The molecule has 6 rings (SSSR count). The topological polar surface area (TPSA) is 175 Å². The van der Waals surface area contributed by atoms with Crippen LogP contribution in [0.25, 0.3) is 0 Å². The van der Waals surface area contributed by atoms with Crippen molar-refractivity contribution in [2.75, 3.05) is 38.9 Å². The van der Waals surface area contributed by atoms with Crippen molar-refractivity contribution in [1.29, 1.82) is 0 Å². The van der Waals surface area contributed by atoms with Gasteiger partial charge in [-0.3, -0.25) is 20.0 Å². The van der Waals surface area contributed by atoms with Crippen molar-refractivity contribution in [1.82, 2.24) is 9.88 Å². The number of benzene rings is 2. The maximum Gasteiger partial charge on any atom is 0.410 e. The minimum Gasteiger partial charge on any atom is -0.487 e. The molecule has 1 aromatic heterocycles. The summed E-state index contributed by atoms with van der Waals surface area (Å²) in [5, 5.41) is 36.0. The fraction of sp³-hybridized carbons (Fsp3) is 0.511. The van der Waals surface area contributed by atoms with Crippen LogP contribution in [0.5, 0.6) is 11.5 Å². The molecule has 62 heavy (non-hydrogen) atoms. The highest BCUT2D eigenvalue weighted by atomic mass is 35.5. The third kappa shape index (κ3) is 10.8. The molecule has 0 radical (unpaired) electrons. The number of non-ortho nitro benzene ring substituents is 1. The zero-order chi connectivity index (χ0) is 44.1. The minimum atomic E-state index is -1.45. The largest absolute Gasteiger partial charge is 0.487 e. The van der Waals surface area contributed by atoms with Gasteiger partial charge in [-0.2, -0.15) is 0 Å². The summed E-state index contributed by atoms with van der Waals surface area (Å²) >= 11 is 6.02. The van der Waals surface area contributed by atoms with E-state index in [9.17, 15) is 25.1 Å². The summed E-state index contributed by atoms with van der Waals surface area (Å²) in [6, 6.07) is 17.0. The number of pyridine rings is 1. The molecule has 0 saturated heterocycles. The normalized spacial score (nSPS) is 23.0. The number of ether oxygens (including phenoxy) is 4. The molecule has 2 heterocycles. The van der Waals surface area contributed by atoms with E-state index in [1.54, 1.807) is 23.1 Å². The van der Waals surface area contributed by atoms with E-state index in [4.69, 9.17) is 40.5 Å². The number of carbonyl (C=O) groups is 1. The third-order valence-electron chi connectivity index (χ3n) is 11.9. The number of fused-ring (bicyclic) bond motifs is 2. The van der Waals surface area contributed by atoms with Crippen LogP contribution in [0.15, 0.2) is 90.1 Å². The lowest BCUT2D eigenvalue weighted by Gasteiger charge is -2.59. The quantitative estimate of drug-likeness (QED) is 0.0306. The summed E-state index contributed by atoms with van der Waals surface area (Å²) in [6.07, 6.45) is 8.56. The Morgan fingerprint density at radius 3 is 2.56 bits per heavy atom. The molecular weight excluding hydrogens is 816 g/mol. The van der Waals surface area contributed by atoms with Gasteiger partial charge in [0.1, 0.15) is 37.4 Å². The summed E-state index contributed by atoms with van der Waals surface area (Å²) in [4.78, 5) is 37.4. The maximum atomic E-state index is 14.2. The van der Waals surface area contributed by atoms with Gasteiger partial charge in [0.15, 0.2) is 0 Å². The molecule has 0 bridgehead atoms. The number of hydrogen-bond donors (Lipinski definition) is 2. The Bertz CT molecular complexity index is 2050. The first kappa shape index (κ1) is 46.5. The fourth-order valence-corrected chi connectivity index (χ4v) is 9.38. The van der Waals surface area contributed by atoms with E-state index in [1.165, 1.54) is 12.1 Å². The van der Waals surface area contributed by atoms with Crippen LogP contribution in [0, 0.1) is 34.8 Å². The Morgan fingerprint density at radius 1 is 1.10 bits per heavy atom. The molecule has 0 unspecified atom stereocenters. The predicted octanol–water partition coefficient (Wildman–Crippen LogP) is 8.80. The first-order chi connectivity index (χ1) is 30.2. The number of aliphatic hydroxyl groups excluding tert-OH is 2. The van der Waals surface area contributed by atoms with Crippen molar-refractivity contribution in [2.45, 2.75) is 96.2 Å². The molecular formula is C47H59ClN4O10. The highest BCUT2D eigenvalue weighted by Gasteiger charge is 2.65. The molecule has 1 amide bonds. The van der Waals surface area contributed by atoms with Crippen LogP contribution in [-0.4, -0.2) is 87.5 Å². The second-order valence-electron chi connectivity index (χ2n) is 16.0. The van der Waals surface area contributed by atoms with Crippen LogP contribution in [0.1, 0.15) is 86.7 Å².